The van der Waals surface area contributed by atoms with Gasteiger partial charge in [0.25, 0.3) is 6.47 Å². The first-order valence-corrected chi connectivity index (χ1v) is 10.7. The van der Waals surface area contributed by atoms with Gasteiger partial charge in [0, 0.05) is 56.4 Å². The van der Waals surface area contributed by atoms with Crippen LogP contribution < -0.4 is 19.1 Å². The number of likely N-dealkylation sites (tertiary alicyclic amines) is 1. The lowest BCUT2D eigenvalue weighted by Crippen LogP contribution is -2.49. The number of nitrogens with zero attached hydrogens (tertiary/aromatic N) is 4. The number of aromatic nitrogens is 2. The molecular weight excluding hydrogens is 400 g/mol. The van der Waals surface area contributed by atoms with Crippen molar-refractivity contribution in [2.75, 3.05) is 37.9 Å². The zero-order chi connectivity index (χ0) is 21.5. The fraction of sp³-hybridized carbons (Fsp3) is 0.500. The number of fused-ring (bicyclic) bond motifs is 1. The average molecular weight is 428 g/mol. The van der Waals surface area contributed by atoms with Crippen molar-refractivity contribution in [3.63, 3.8) is 0 Å². The second-order valence-electron chi connectivity index (χ2n) is 7.75. The molecule has 2 aromatic rings. The minimum absolute atomic E-state index is 0.229. The molecule has 0 unspecified atom stereocenters. The third kappa shape index (κ3) is 5.35. The Bertz CT molecular complexity index is 837. The average Bonchev–Trinajstić information content (AvgIpc) is 3.29. The Morgan fingerprint density at radius 3 is 2.39 bits per heavy atom. The van der Waals surface area contributed by atoms with E-state index in [1.54, 1.807) is 12.4 Å². The first-order valence-electron chi connectivity index (χ1n) is 10.7. The summed E-state index contributed by atoms with van der Waals surface area (Å²) in [5.74, 6) is 1.72. The molecule has 2 fully saturated rings. The molecule has 3 aliphatic heterocycles. The van der Waals surface area contributed by atoms with Gasteiger partial charge in [0.2, 0.25) is 6.79 Å². The fourth-order valence-corrected chi connectivity index (χ4v) is 4.43. The topological polar surface area (TPSA) is 97.3 Å². The van der Waals surface area contributed by atoms with Gasteiger partial charge in [0.1, 0.15) is 6.10 Å². The summed E-state index contributed by atoms with van der Waals surface area (Å²) in [5, 5.41) is 6.89. The Morgan fingerprint density at radius 1 is 1.00 bits per heavy atom. The maximum Gasteiger partial charge on any atom is 0.316 e. The smallest absolute Gasteiger partial charge is 0.316 e. The lowest BCUT2D eigenvalue weighted by atomic mass is 9.98. The second kappa shape index (κ2) is 10.3. The van der Waals surface area contributed by atoms with Crippen molar-refractivity contribution in [3.05, 3.63) is 36.7 Å². The molecule has 0 amide bonds. The van der Waals surface area contributed by atoms with Gasteiger partial charge in [0.15, 0.2) is 11.5 Å². The molecule has 166 valence electrons. The van der Waals surface area contributed by atoms with E-state index >= 15 is 0 Å². The second-order valence-corrected chi connectivity index (χ2v) is 7.75. The van der Waals surface area contributed by atoms with Crippen LogP contribution in [-0.4, -0.2) is 71.6 Å². The number of hydrogen-bond donors (Lipinski definition) is 1. The quantitative estimate of drug-likeness (QED) is 0.736. The summed E-state index contributed by atoms with van der Waals surface area (Å²) in [6.07, 6.45) is 8.16. The number of hydrogen-bond acceptors (Lipinski definition) is 8. The van der Waals surface area contributed by atoms with Gasteiger partial charge in [-0.15, -0.1) is 0 Å². The molecule has 1 aromatic carbocycles. The fourth-order valence-electron chi connectivity index (χ4n) is 4.43. The normalized spacial score (nSPS) is 19.4. The maximum absolute atomic E-state index is 8.36. The van der Waals surface area contributed by atoms with Gasteiger partial charge in [-0.25, -0.2) is 9.97 Å². The van der Waals surface area contributed by atoms with Crippen molar-refractivity contribution in [1.82, 2.24) is 14.9 Å². The van der Waals surface area contributed by atoms with Crippen molar-refractivity contribution in [1.29, 1.82) is 0 Å². The molecule has 0 spiro atoms. The van der Waals surface area contributed by atoms with Crippen LogP contribution in [-0.2, 0) is 4.79 Å². The number of rotatable bonds is 4. The minimum Gasteiger partial charge on any atom is -0.483 e. The first kappa shape index (κ1) is 21.2. The summed E-state index contributed by atoms with van der Waals surface area (Å²) in [5.41, 5.74) is 1.23. The lowest BCUT2D eigenvalue weighted by Gasteiger charge is -2.42. The third-order valence-corrected chi connectivity index (χ3v) is 5.99. The molecule has 0 saturated carbocycles. The Kier molecular flexibility index (Phi) is 7.03. The van der Waals surface area contributed by atoms with E-state index in [1.165, 1.54) is 18.5 Å². The summed E-state index contributed by atoms with van der Waals surface area (Å²) < 4.78 is 16.9. The lowest BCUT2D eigenvalue weighted by molar-refractivity contribution is -0.122. The summed E-state index contributed by atoms with van der Waals surface area (Å²) in [4.78, 5) is 21.8. The molecule has 9 heteroatoms. The van der Waals surface area contributed by atoms with Crippen molar-refractivity contribution >= 4 is 12.2 Å². The van der Waals surface area contributed by atoms with E-state index in [-0.39, 0.29) is 12.6 Å². The Morgan fingerprint density at radius 2 is 1.68 bits per heavy atom. The summed E-state index contributed by atoms with van der Waals surface area (Å²) >= 11 is 0. The highest BCUT2D eigenvalue weighted by Crippen LogP contribution is 2.36. The van der Waals surface area contributed by atoms with Crippen LogP contribution in [0.25, 0.3) is 0 Å². The Labute approximate surface area is 181 Å². The van der Waals surface area contributed by atoms with Gasteiger partial charge < -0.3 is 24.2 Å². The van der Waals surface area contributed by atoms with Gasteiger partial charge in [-0.2, -0.15) is 0 Å². The van der Waals surface area contributed by atoms with Crippen LogP contribution >= 0.6 is 0 Å². The SMILES string of the molecule is O=CO.c1cnc(OC2CCN(C3CCN(c4ccc5c(c4)OCO5)CC3)CC2)nc1. The van der Waals surface area contributed by atoms with Crippen molar-refractivity contribution < 1.29 is 24.1 Å². The number of benzene rings is 1. The van der Waals surface area contributed by atoms with Crippen LogP contribution in [0.15, 0.2) is 36.7 Å². The molecule has 2 saturated heterocycles. The van der Waals surface area contributed by atoms with Crippen molar-refractivity contribution in [2.45, 2.75) is 37.8 Å². The van der Waals surface area contributed by atoms with Crippen LogP contribution in [0.4, 0.5) is 5.69 Å². The molecule has 1 aromatic heterocycles. The molecule has 5 rings (SSSR count). The molecule has 31 heavy (non-hydrogen) atoms. The number of anilines is 1. The van der Waals surface area contributed by atoms with E-state index in [1.807, 2.05) is 12.1 Å². The van der Waals surface area contributed by atoms with Gasteiger partial charge in [-0.05, 0) is 43.9 Å². The molecule has 4 heterocycles. The monoisotopic (exact) mass is 428 g/mol. The number of carboxylic acid groups (broad SMARTS) is 1. The van der Waals surface area contributed by atoms with Gasteiger partial charge in [-0.1, -0.05) is 0 Å². The third-order valence-electron chi connectivity index (χ3n) is 5.99. The Hall–Kier alpha value is -3.07. The molecule has 0 bridgehead atoms. The van der Waals surface area contributed by atoms with Crippen LogP contribution in [0, 0.1) is 0 Å². The highest BCUT2D eigenvalue weighted by molar-refractivity contribution is 5.57. The van der Waals surface area contributed by atoms with Crippen LogP contribution in [0.5, 0.6) is 17.5 Å². The number of carbonyl (C=O) groups is 1. The maximum atomic E-state index is 8.36. The number of ether oxygens (including phenoxy) is 3. The standard InChI is InChI=1S/C21H26N4O3.CH2O2/c1-8-22-21(23-9-1)28-18-6-12-24(13-7-18)16-4-10-25(11-5-16)17-2-3-19-20(14-17)27-15-26-19;2-1-3/h1-3,8-9,14,16,18H,4-7,10-13,15H2;1H,(H,2,3). The predicted octanol–water partition coefficient (Wildman–Crippen LogP) is 2.42. The molecule has 0 atom stereocenters. The molecule has 0 radical (unpaired) electrons. The highest BCUT2D eigenvalue weighted by atomic mass is 16.7. The largest absolute Gasteiger partial charge is 0.483 e. The number of piperidine rings is 2. The predicted molar refractivity (Wildman–Crippen MR) is 114 cm³/mol. The van der Waals surface area contributed by atoms with Gasteiger partial charge in [0.05, 0.1) is 0 Å². The van der Waals surface area contributed by atoms with E-state index in [2.05, 4.69) is 31.9 Å². The van der Waals surface area contributed by atoms with Crippen LogP contribution in [0.2, 0.25) is 0 Å². The van der Waals surface area contributed by atoms with E-state index in [0.29, 0.717) is 18.8 Å². The van der Waals surface area contributed by atoms with E-state index < -0.39 is 0 Å². The molecule has 9 nitrogen and oxygen atoms in total. The van der Waals surface area contributed by atoms with Crippen molar-refractivity contribution in [2.24, 2.45) is 0 Å². The summed E-state index contributed by atoms with van der Waals surface area (Å²) in [6, 6.07) is 9.24. The van der Waals surface area contributed by atoms with Gasteiger partial charge in [-0.3, -0.25) is 9.69 Å². The van der Waals surface area contributed by atoms with E-state index in [9.17, 15) is 0 Å². The zero-order valence-corrected chi connectivity index (χ0v) is 17.4. The molecule has 1 N–H and O–H groups in total. The van der Waals surface area contributed by atoms with E-state index in [0.717, 1.165) is 50.5 Å². The van der Waals surface area contributed by atoms with Crippen LogP contribution in [0.1, 0.15) is 25.7 Å². The van der Waals surface area contributed by atoms with Crippen molar-refractivity contribution in [3.8, 4) is 17.5 Å². The summed E-state index contributed by atoms with van der Waals surface area (Å²) in [7, 11) is 0. The minimum atomic E-state index is -0.250. The highest BCUT2D eigenvalue weighted by Gasteiger charge is 2.29. The van der Waals surface area contributed by atoms with Crippen LogP contribution in [0.3, 0.4) is 0 Å². The zero-order valence-electron chi connectivity index (χ0n) is 17.4. The molecule has 3 aliphatic rings. The summed E-state index contributed by atoms with van der Waals surface area (Å²) in [6.45, 7) is 4.42. The molecular formula is C22H28N4O5. The Balaban J connectivity index is 0.000000730. The van der Waals surface area contributed by atoms with E-state index in [4.69, 9.17) is 24.1 Å². The first-order chi connectivity index (χ1) is 15.3. The molecule has 0 aliphatic carbocycles. The van der Waals surface area contributed by atoms with Gasteiger partial charge >= 0.3 is 6.01 Å².